The first-order chi connectivity index (χ1) is 7.86. The molecule has 1 aliphatic rings. The standard InChI is InChI=1S/C8H19NO6P2S/c1-6-4-9(8(2,3)5-18-6)7(16(10,11)12)17(13,14)15/h6-7H,4-5H2,1-3H3,(H2,10,11,12)(H2,13,14,15). The fraction of sp³-hybridized carbons (Fsp3) is 1.00. The van der Waals surface area contributed by atoms with E-state index in [0.717, 1.165) is 0 Å². The van der Waals surface area contributed by atoms with Crippen molar-refractivity contribution in [2.75, 3.05) is 12.3 Å². The van der Waals surface area contributed by atoms with E-state index in [1.165, 1.54) is 4.90 Å². The maximum Gasteiger partial charge on any atom is 0.355 e. The van der Waals surface area contributed by atoms with Gasteiger partial charge in [0.15, 0.2) is 0 Å². The van der Waals surface area contributed by atoms with Crippen LogP contribution in [0.4, 0.5) is 0 Å². The highest BCUT2D eigenvalue weighted by Gasteiger charge is 2.53. The molecule has 1 rings (SSSR count). The zero-order valence-electron chi connectivity index (χ0n) is 10.4. The molecule has 18 heavy (non-hydrogen) atoms. The normalized spacial score (nSPS) is 26.6. The van der Waals surface area contributed by atoms with E-state index >= 15 is 0 Å². The molecule has 10 heteroatoms. The molecule has 4 N–H and O–H groups in total. The fourth-order valence-electron chi connectivity index (χ4n) is 1.97. The molecule has 0 aromatic carbocycles. The van der Waals surface area contributed by atoms with Crippen LogP contribution < -0.4 is 0 Å². The van der Waals surface area contributed by atoms with Crippen LogP contribution in [0, 0.1) is 0 Å². The summed E-state index contributed by atoms with van der Waals surface area (Å²) < 4.78 is 22.9. The monoisotopic (exact) mass is 319 g/mol. The molecule has 1 heterocycles. The molecular formula is C8H19NO6P2S. The van der Waals surface area contributed by atoms with Gasteiger partial charge in [0.25, 0.3) is 0 Å². The van der Waals surface area contributed by atoms with Gasteiger partial charge in [-0.3, -0.25) is 14.0 Å². The van der Waals surface area contributed by atoms with Crippen LogP contribution in [0.25, 0.3) is 0 Å². The van der Waals surface area contributed by atoms with E-state index in [2.05, 4.69) is 0 Å². The molecule has 0 aliphatic carbocycles. The van der Waals surface area contributed by atoms with Gasteiger partial charge in [0.2, 0.25) is 5.52 Å². The van der Waals surface area contributed by atoms with Gasteiger partial charge in [-0.05, 0) is 13.8 Å². The predicted octanol–water partition coefficient (Wildman–Crippen LogP) is 0.841. The summed E-state index contributed by atoms with van der Waals surface area (Å²) in [4.78, 5) is 38.3. The Balaban J connectivity index is 3.20. The molecule has 7 nitrogen and oxygen atoms in total. The van der Waals surface area contributed by atoms with Crippen LogP contribution in [0.1, 0.15) is 20.8 Å². The van der Waals surface area contributed by atoms with E-state index in [1.54, 1.807) is 25.6 Å². The van der Waals surface area contributed by atoms with Crippen molar-refractivity contribution < 1.29 is 28.7 Å². The molecule has 1 aliphatic heterocycles. The highest BCUT2D eigenvalue weighted by molar-refractivity contribution is 8.00. The summed E-state index contributed by atoms with van der Waals surface area (Å²) in [5.74, 6) is 0.560. The third kappa shape index (κ3) is 3.81. The average molecular weight is 319 g/mol. The first kappa shape index (κ1) is 16.7. The smallest absolute Gasteiger partial charge is 0.323 e. The maximum atomic E-state index is 11.4. The number of thioether (sulfide) groups is 1. The summed E-state index contributed by atoms with van der Waals surface area (Å²) in [5, 5.41) is 0.0682. The van der Waals surface area contributed by atoms with Gasteiger partial charge in [-0.15, -0.1) is 0 Å². The van der Waals surface area contributed by atoms with E-state index in [1.807, 2.05) is 6.92 Å². The van der Waals surface area contributed by atoms with Gasteiger partial charge >= 0.3 is 15.2 Å². The first-order valence-electron chi connectivity index (χ1n) is 5.34. The molecule has 0 radical (unpaired) electrons. The highest BCUT2D eigenvalue weighted by Crippen LogP contribution is 2.63. The molecular weight excluding hydrogens is 300 g/mol. The van der Waals surface area contributed by atoms with Crippen molar-refractivity contribution in [3.05, 3.63) is 0 Å². The van der Waals surface area contributed by atoms with E-state index in [0.29, 0.717) is 5.75 Å². The van der Waals surface area contributed by atoms with Crippen LogP contribution >= 0.6 is 27.0 Å². The van der Waals surface area contributed by atoms with Gasteiger partial charge in [-0.2, -0.15) is 11.8 Å². The summed E-state index contributed by atoms with van der Waals surface area (Å²) >= 11 is 1.62. The van der Waals surface area contributed by atoms with Crippen LogP contribution in [0.3, 0.4) is 0 Å². The van der Waals surface area contributed by atoms with E-state index in [-0.39, 0.29) is 11.8 Å². The Morgan fingerprint density at radius 1 is 1.22 bits per heavy atom. The van der Waals surface area contributed by atoms with Crippen LogP contribution in [0.5, 0.6) is 0 Å². The number of nitrogens with zero attached hydrogens (tertiary/aromatic N) is 1. The van der Waals surface area contributed by atoms with Gasteiger partial charge in [-0.1, -0.05) is 6.92 Å². The van der Waals surface area contributed by atoms with Gasteiger partial charge in [0.05, 0.1) is 0 Å². The Morgan fingerprint density at radius 2 is 1.67 bits per heavy atom. The third-order valence-corrected chi connectivity index (χ3v) is 7.99. The molecule has 1 unspecified atom stereocenters. The molecule has 1 saturated heterocycles. The molecule has 0 aromatic rings. The predicted molar refractivity (Wildman–Crippen MR) is 70.6 cm³/mol. The lowest BCUT2D eigenvalue weighted by molar-refractivity contribution is 0.120. The van der Waals surface area contributed by atoms with Gasteiger partial charge in [0.1, 0.15) is 0 Å². The number of hydrogen-bond acceptors (Lipinski definition) is 4. The summed E-state index contributed by atoms with van der Waals surface area (Å²) in [6, 6.07) is 0. The zero-order valence-corrected chi connectivity index (χ0v) is 13.0. The van der Waals surface area contributed by atoms with Gasteiger partial charge in [-0.25, -0.2) is 0 Å². The summed E-state index contributed by atoms with van der Waals surface area (Å²) in [7, 11) is -9.84. The third-order valence-electron chi connectivity index (χ3n) is 2.83. The molecule has 1 fully saturated rings. The van der Waals surface area contributed by atoms with Crippen molar-refractivity contribution in [1.82, 2.24) is 4.90 Å². The van der Waals surface area contributed by atoms with Crippen molar-refractivity contribution >= 4 is 27.0 Å². The Morgan fingerprint density at radius 3 is 2.06 bits per heavy atom. The second-order valence-corrected chi connectivity index (χ2v) is 10.3. The van der Waals surface area contributed by atoms with E-state index < -0.39 is 26.3 Å². The fourth-order valence-corrected chi connectivity index (χ4v) is 6.20. The van der Waals surface area contributed by atoms with Crippen molar-refractivity contribution in [2.45, 2.75) is 37.1 Å². The van der Waals surface area contributed by atoms with Crippen LogP contribution in [0.15, 0.2) is 0 Å². The minimum absolute atomic E-state index is 0.0682. The number of hydrogen-bond donors (Lipinski definition) is 4. The van der Waals surface area contributed by atoms with Crippen LogP contribution in [-0.2, 0) is 9.13 Å². The molecule has 1 atom stereocenters. The molecule has 108 valence electrons. The molecule has 0 aromatic heterocycles. The molecule has 0 amide bonds. The second-order valence-electron chi connectivity index (χ2n) is 5.11. The van der Waals surface area contributed by atoms with Crippen molar-refractivity contribution in [1.29, 1.82) is 0 Å². The topological polar surface area (TPSA) is 118 Å². The Bertz CT molecular complexity index is 382. The lowest BCUT2D eigenvalue weighted by Crippen LogP contribution is -2.56. The lowest BCUT2D eigenvalue weighted by Gasteiger charge is -2.48. The summed E-state index contributed by atoms with van der Waals surface area (Å²) in [5.41, 5.74) is -2.73. The maximum absolute atomic E-state index is 11.4. The first-order valence-corrected chi connectivity index (χ1v) is 9.75. The highest BCUT2D eigenvalue weighted by atomic mass is 32.2. The second kappa shape index (κ2) is 5.19. The molecule has 0 spiro atoms. The summed E-state index contributed by atoms with van der Waals surface area (Å²) in [6.45, 7) is 5.55. The quantitative estimate of drug-likeness (QED) is 0.565. The Labute approximate surface area is 110 Å². The summed E-state index contributed by atoms with van der Waals surface area (Å²) in [6.07, 6.45) is 0. The van der Waals surface area contributed by atoms with Crippen LogP contribution in [0.2, 0.25) is 0 Å². The van der Waals surface area contributed by atoms with Gasteiger partial charge in [0, 0.05) is 23.1 Å². The molecule has 0 bridgehead atoms. The lowest BCUT2D eigenvalue weighted by atomic mass is 10.1. The minimum Gasteiger partial charge on any atom is -0.323 e. The largest absolute Gasteiger partial charge is 0.355 e. The SMILES string of the molecule is CC1CN(C(P(=O)(O)O)P(=O)(O)O)C(C)(C)CS1. The Hall–Kier alpha value is 0.610. The molecule has 0 saturated carbocycles. The average Bonchev–Trinajstić information content (AvgIpc) is 2.07. The van der Waals surface area contributed by atoms with E-state index in [9.17, 15) is 28.7 Å². The minimum atomic E-state index is -4.92. The zero-order chi connectivity index (χ0) is 14.4. The van der Waals surface area contributed by atoms with Crippen molar-refractivity contribution in [3.63, 3.8) is 0 Å². The van der Waals surface area contributed by atoms with Crippen LogP contribution in [-0.4, -0.2) is 53.1 Å². The Kier molecular flexibility index (Phi) is 4.80. The van der Waals surface area contributed by atoms with Gasteiger partial charge < -0.3 is 19.6 Å². The van der Waals surface area contributed by atoms with Crippen molar-refractivity contribution in [3.8, 4) is 0 Å². The number of rotatable bonds is 3. The van der Waals surface area contributed by atoms with E-state index in [4.69, 9.17) is 0 Å². The van der Waals surface area contributed by atoms with Crippen molar-refractivity contribution in [2.24, 2.45) is 0 Å².